The summed E-state index contributed by atoms with van der Waals surface area (Å²) in [4.78, 5) is 22.6. The first-order chi connectivity index (χ1) is 12.4. The van der Waals surface area contributed by atoms with Gasteiger partial charge in [-0.1, -0.05) is 42.5 Å². The van der Waals surface area contributed by atoms with Gasteiger partial charge < -0.3 is 9.53 Å². The first kappa shape index (κ1) is 19.8. The molecular formula is C19H20O6S. The molecule has 0 unspecified atom stereocenters. The molecule has 26 heavy (non-hydrogen) atoms. The quantitative estimate of drug-likeness (QED) is 0.380. The minimum Gasteiger partial charge on any atom is -0.459 e. The number of carbonyl (C=O) groups excluding carboxylic acids is 2. The summed E-state index contributed by atoms with van der Waals surface area (Å²) in [5.41, 5.74) is 2.34. The summed E-state index contributed by atoms with van der Waals surface area (Å²) in [5, 5.41) is 0. The summed E-state index contributed by atoms with van der Waals surface area (Å²) in [6.45, 7) is -0.250. The fourth-order valence-electron chi connectivity index (χ4n) is 2.34. The normalized spacial score (nSPS) is 12.3. The van der Waals surface area contributed by atoms with Gasteiger partial charge in [0, 0.05) is 6.42 Å². The van der Waals surface area contributed by atoms with Crippen molar-refractivity contribution in [3.63, 3.8) is 0 Å². The van der Waals surface area contributed by atoms with Gasteiger partial charge >= 0.3 is 5.97 Å². The lowest BCUT2D eigenvalue weighted by Crippen LogP contribution is -2.25. The molecule has 0 amide bonds. The summed E-state index contributed by atoms with van der Waals surface area (Å²) in [6.07, 6.45) is 0.941. The van der Waals surface area contributed by atoms with E-state index in [2.05, 4.69) is 0 Å². The first-order valence-corrected chi connectivity index (χ1v) is 9.85. The van der Waals surface area contributed by atoms with Crippen LogP contribution in [0.3, 0.4) is 0 Å². The maximum absolute atomic E-state index is 12.1. The number of ether oxygens (including phenoxy) is 1. The zero-order valence-electron chi connectivity index (χ0n) is 14.3. The molecule has 0 saturated heterocycles. The molecule has 2 rings (SSSR count). The van der Waals surface area contributed by atoms with E-state index in [0.29, 0.717) is 11.8 Å². The summed E-state index contributed by atoms with van der Waals surface area (Å²) in [6, 6.07) is 16.6. The largest absolute Gasteiger partial charge is 0.459 e. The van der Waals surface area contributed by atoms with Crippen LogP contribution in [-0.4, -0.2) is 39.6 Å². The van der Waals surface area contributed by atoms with Gasteiger partial charge in [-0.3, -0.25) is 4.18 Å². The Morgan fingerprint density at radius 2 is 1.65 bits per heavy atom. The lowest BCUT2D eigenvalue weighted by Gasteiger charge is -2.15. The SMILES string of the molecule is CS(=O)(=O)O[C@@H](CCC=O)COC(=O)c1ccc(-c2ccccc2)cc1. The van der Waals surface area contributed by atoms with Crippen LogP contribution in [-0.2, 0) is 23.8 Å². The molecule has 0 saturated carbocycles. The molecule has 0 bridgehead atoms. The molecule has 0 aliphatic heterocycles. The predicted octanol–water partition coefficient (Wildman–Crippen LogP) is 2.83. The summed E-state index contributed by atoms with van der Waals surface area (Å²) < 4.78 is 32.5. The number of aldehydes is 1. The second-order valence-electron chi connectivity index (χ2n) is 5.71. The van der Waals surface area contributed by atoms with Crippen molar-refractivity contribution in [2.45, 2.75) is 18.9 Å². The van der Waals surface area contributed by atoms with E-state index in [4.69, 9.17) is 8.92 Å². The standard InChI is InChI=1S/C19H20O6S/c1-26(22,23)25-18(8-5-13-20)14-24-19(21)17-11-9-16(10-12-17)15-6-3-2-4-7-15/h2-4,6-7,9-13,18H,5,8,14H2,1H3/t18-/m0/s1. The van der Waals surface area contributed by atoms with Crippen molar-refractivity contribution in [2.24, 2.45) is 0 Å². The second-order valence-corrected chi connectivity index (χ2v) is 7.31. The van der Waals surface area contributed by atoms with Crippen molar-refractivity contribution < 1.29 is 26.9 Å². The zero-order valence-corrected chi connectivity index (χ0v) is 15.1. The number of carbonyl (C=O) groups is 2. The molecule has 1 atom stereocenters. The molecule has 138 valence electrons. The smallest absolute Gasteiger partial charge is 0.338 e. The van der Waals surface area contributed by atoms with Crippen LogP contribution in [0, 0.1) is 0 Å². The van der Waals surface area contributed by atoms with E-state index in [0.717, 1.165) is 17.4 Å². The van der Waals surface area contributed by atoms with Crippen LogP contribution in [0.1, 0.15) is 23.2 Å². The molecule has 0 N–H and O–H groups in total. The minimum atomic E-state index is -3.71. The summed E-state index contributed by atoms with van der Waals surface area (Å²) >= 11 is 0. The van der Waals surface area contributed by atoms with E-state index in [1.807, 2.05) is 42.5 Å². The van der Waals surface area contributed by atoms with Crippen molar-refractivity contribution in [1.29, 1.82) is 0 Å². The summed E-state index contributed by atoms with van der Waals surface area (Å²) in [5.74, 6) is -0.585. The van der Waals surface area contributed by atoms with E-state index in [-0.39, 0.29) is 19.4 Å². The van der Waals surface area contributed by atoms with Crippen molar-refractivity contribution in [3.8, 4) is 11.1 Å². The highest BCUT2D eigenvalue weighted by atomic mass is 32.2. The van der Waals surface area contributed by atoms with Crippen LogP contribution < -0.4 is 0 Å². The van der Waals surface area contributed by atoms with Crippen LogP contribution in [0.5, 0.6) is 0 Å². The average Bonchev–Trinajstić information content (AvgIpc) is 2.63. The first-order valence-electron chi connectivity index (χ1n) is 8.03. The molecule has 0 aliphatic rings. The Bertz CT molecular complexity index is 828. The highest BCUT2D eigenvalue weighted by Gasteiger charge is 2.18. The topological polar surface area (TPSA) is 86.7 Å². The fourth-order valence-corrected chi connectivity index (χ4v) is 2.99. The Hall–Kier alpha value is -2.51. The molecule has 0 spiro atoms. The van der Waals surface area contributed by atoms with Crippen molar-refractivity contribution in [2.75, 3.05) is 12.9 Å². The third kappa shape index (κ3) is 6.42. The Morgan fingerprint density at radius 3 is 2.23 bits per heavy atom. The van der Waals surface area contributed by atoms with Crippen LogP contribution in [0.15, 0.2) is 54.6 Å². The van der Waals surface area contributed by atoms with Crippen LogP contribution in [0.4, 0.5) is 0 Å². The van der Waals surface area contributed by atoms with E-state index < -0.39 is 22.2 Å². The van der Waals surface area contributed by atoms with Gasteiger partial charge in [-0.2, -0.15) is 8.42 Å². The highest BCUT2D eigenvalue weighted by Crippen LogP contribution is 2.19. The van der Waals surface area contributed by atoms with Crippen LogP contribution >= 0.6 is 0 Å². The fraction of sp³-hybridized carbons (Fsp3) is 0.263. The molecule has 0 radical (unpaired) electrons. The van der Waals surface area contributed by atoms with Gasteiger partial charge in [-0.05, 0) is 29.7 Å². The molecule has 0 heterocycles. The number of hydrogen-bond acceptors (Lipinski definition) is 6. The maximum atomic E-state index is 12.1. The second kappa shape index (κ2) is 9.26. The lowest BCUT2D eigenvalue weighted by molar-refractivity contribution is -0.108. The maximum Gasteiger partial charge on any atom is 0.338 e. The predicted molar refractivity (Wildman–Crippen MR) is 97.2 cm³/mol. The van der Waals surface area contributed by atoms with Gasteiger partial charge in [0.2, 0.25) is 0 Å². The molecule has 7 heteroatoms. The van der Waals surface area contributed by atoms with E-state index >= 15 is 0 Å². The van der Waals surface area contributed by atoms with Crippen LogP contribution in [0.2, 0.25) is 0 Å². The number of hydrogen-bond donors (Lipinski definition) is 0. The van der Waals surface area contributed by atoms with Crippen LogP contribution in [0.25, 0.3) is 11.1 Å². The molecule has 6 nitrogen and oxygen atoms in total. The molecule has 0 fully saturated rings. The molecular weight excluding hydrogens is 356 g/mol. The number of esters is 1. The van der Waals surface area contributed by atoms with Crippen molar-refractivity contribution in [1.82, 2.24) is 0 Å². The number of benzene rings is 2. The van der Waals surface area contributed by atoms with Gasteiger partial charge in [0.25, 0.3) is 10.1 Å². The Kier molecular flexibility index (Phi) is 7.06. The van der Waals surface area contributed by atoms with E-state index in [9.17, 15) is 18.0 Å². The van der Waals surface area contributed by atoms with Gasteiger partial charge in [0.15, 0.2) is 0 Å². The highest BCUT2D eigenvalue weighted by molar-refractivity contribution is 7.86. The molecule has 0 aromatic heterocycles. The van der Waals surface area contributed by atoms with E-state index in [1.54, 1.807) is 12.1 Å². The number of rotatable bonds is 9. The zero-order chi connectivity index (χ0) is 19.0. The van der Waals surface area contributed by atoms with Gasteiger partial charge in [-0.25, -0.2) is 4.79 Å². The molecule has 2 aromatic carbocycles. The van der Waals surface area contributed by atoms with Gasteiger partial charge in [0.05, 0.1) is 11.8 Å². The summed E-state index contributed by atoms with van der Waals surface area (Å²) in [7, 11) is -3.71. The Labute approximate surface area is 152 Å². The Morgan fingerprint density at radius 1 is 1.04 bits per heavy atom. The van der Waals surface area contributed by atoms with E-state index in [1.165, 1.54) is 0 Å². The van der Waals surface area contributed by atoms with Gasteiger partial charge in [-0.15, -0.1) is 0 Å². The monoisotopic (exact) mass is 376 g/mol. The average molecular weight is 376 g/mol. The van der Waals surface area contributed by atoms with Crippen molar-refractivity contribution in [3.05, 3.63) is 60.2 Å². The third-order valence-corrected chi connectivity index (χ3v) is 4.17. The van der Waals surface area contributed by atoms with Crippen molar-refractivity contribution >= 4 is 22.4 Å². The minimum absolute atomic E-state index is 0.115. The lowest BCUT2D eigenvalue weighted by atomic mass is 10.0. The third-order valence-electron chi connectivity index (χ3n) is 3.55. The Balaban J connectivity index is 1.98. The van der Waals surface area contributed by atoms with Gasteiger partial charge in [0.1, 0.15) is 19.0 Å². The molecule has 0 aliphatic carbocycles. The molecule has 2 aromatic rings.